The number of benzene rings is 1. The summed E-state index contributed by atoms with van der Waals surface area (Å²) in [5.74, 6) is -0.396. The number of nitrogens with one attached hydrogen (secondary N) is 2. The smallest absolute Gasteiger partial charge is 0.324 e. The minimum absolute atomic E-state index is 0.0437. The molecule has 0 radical (unpaired) electrons. The van der Waals surface area contributed by atoms with E-state index in [1.807, 2.05) is 17.5 Å². The van der Waals surface area contributed by atoms with Crippen molar-refractivity contribution in [1.29, 1.82) is 0 Å². The van der Waals surface area contributed by atoms with E-state index >= 15 is 0 Å². The summed E-state index contributed by atoms with van der Waals surface area (Å²) in [5.41, 5.74) is 1.34. The molecule has 1 aliphatic rings. The fourth-order valence-corrected chi connectivity index (χ4v) is 2.89. The summed E-state index contributed by atoms with van der Waals surface area (Å²) in [4.78, 5) is 37.3. The molecule has 2 aromatic rings. The first-order chi connectivity index (χ1) is 11.1. The monoisotopic (exact) mass is 329 g/mol. The van der Waals surface area contributed by atoms with Gasteiger partial charge in [-0.3, -0.25) is 14.5 Å². The van der Waals surface area contributed by atoms with Gasteiger partial charge in [0, 0.05) is 10.4 Å². The zero-order valence-electron chi connectivity index (χ0n) is 12.2. The van der Waals surface area contributed by atoms with E-state index in [1.54, 1.807) is 35.6 Å². The van der Waals surface area contributed by atoms with Crippen LogP contribution in [-0.4, -0.2) is 29.3 Å². The van der Waals surface area contributed by atoms with Crippen molar-refractivity contribution in [3.63, 3.8) is 0 Å². The average Bonchev–Trinajstić information content (AvgIpc) is 3.18. The fraction of sp³-hybridized carbons (Fsp3) is 0.188. The molecule has 6 nitrogen and oxygen atoms in total. The molecule has 1 fully saturated rings. The third kappa shape index (κ3) is 3.57. The molecule has 1 aromatic carbocycles. The number of urea groups is 1. The predicted molar refractivity (Wildman–Crippen MR) is 85.9 cm³/mol. The van der Waals surface area contributed by atoms with Crippen LogP contribution in [0.1, 0.15) is 20.8 Å². The number of nitrogens with zero attached hydrogens (tertiary/aromatic N) is 1. The van der Waals surface area contributed by atoms with Crippen LogP contribution >= 0.6 is 11.3 Å². The van der Waals surface area contributed by atoms with Crippen LogP contribution in [0.25, 0.3) is 0 Å². The SMILES string of the molecule is O=C(NCc1cccs1)c1ccc(CN2C(=O)CNC2=O)cc1. The van der Waals surface area contributed by atoms with Crippen molar-refractivity contribution in [2.24, 2.45) is 0 Å². The Morgan fingerprint density at radius 1 is 1.22 bits per heavy atom. The number of thiophene rings is 1. The number of carbonyl (C=O) groups is 3. The number of carbonyl (C=O) groups excluding carboxylic acids is 3. The molecule has 0 spiro atoms. The summed E-state index contributed by atoms with van der Waals surface area (Å²) in [6.07, 6.45) is 0. The molecular formula is C16H15N3O3S. The van der Waals surface area contributed by atoms with E-state index in [-0.39, 0.29) is 30.9 Å². The second kappa shape index (κ2) is 6.62. The van der Waals surface area contributed by atoms with E-state index < -0.39 is 0 Å². The van der Waals surface area contributed by atoms with Gasteiger partial charge in [0.15, 0.2) is 0 Å². The van der Waals surface area contributed by atoms with Crippen molar-refractivity contribution in [3.8, 4) is 0 Å². The molecule has 0 aliphatic carbocycles. The van der Waals surface area contributed by atoms with Crippen molar-refractivity contribution < 1.29 is 14.4 Å². The standard InChI is InChI=1S/C16H15N3O3S/c20-14-9-18-16(22)19(14)10-11-3-5-12(6-4-11)15(21)17-8-13-2-1-7-23-13/h1-7H,8-10H2,(H,17,21)(H,18,22). The maximum atomic E-state index is 12.1. The van der Waals surface area contributed by atoms with Crippen LogP contribution in [0.5, 0.6) is 0 Å². The lowest BCUT2D eigenvalue weighted by Crippen LogP contribution is -2.30. The highest BCUT2D eigenvalue weighted by atomic mass is 32.1. The molecular weight excluding hydrogens is 314 g/mol. The van der Waals surface area contributed by atoms with Crippen LogP contribution in [0.15, 0.2) is 41.8 Å². The largest absolute Gasteiger partial charge is 0.347 e. The predicted octanol–water partition coefficient (Wildman–Crippen LogP) is 1.73. The van der Waals surface area contributed by atoms with E-state index in [0.717, 1.165) is 15.3 Å². The molecule has 118 valence electrons. The Bertz CT molecular complexity index is 710. The molecule has 1 aromatic heterocycles. The first kappa shape index (κ1) is 15.2. The highest BCUT2D eigenvalue weighted by molar-refractivity contribution is 7.09. The van der Waals surface area contributed by atoms with E-state index in [0.29, 0.717) is 12.1 Å². The van der Waals surface area contributed by atoms with E-state index in [1.165, 1.54) is 0 Å². The van der Waals surface area contributed by atoms with E-state index in [2.05, 4.69) is 10.6 Å². The van der Waals surface area contributed by atoms with Gasteiger partial charge < -0.3 is 10.6 Å². The van der Waals surface area contributed by atoms with Gasteiger partial charge in [0.05, 0.1) is 19.6 Å². The van der Waals surface area contributed by atoms with Crippen LogP contribution in [-0.2, 0) is 17.9 Å². The first-order valence-electron chi connectivity index (χ1n) is 7.11. The van der Waals surface area contributed by atoms with E-state index in [9.17, 15) is 14.4 Å². The zero-order valence-corrected chi connectivity index (χ0v) is 13.1. The number of imide groups is 1. The quantitative estimate of drug-likeness (QED) is 0.820. The summed E-state index contributed by atoms with van der Waals surface area (Å²) in [7, 11) is 0. The average molecular weight is 329 g/mol. The topological polar surface area (TPSA) is 78.5 Å². The third-order valence-corrected chi connectivity index (χ3v) is 4.37. The molecule has 1 aliphatic heterocycles. The van der Waals surface area contributed by atoms with Crippen molar-refractivity contribution in [3.05, 3.63) is 57.8 Å². The molecule has 0 atom stereocenters. The van der Waals surface area contributed by atoms with Crippen LogP contribution in [0, 0.1) is 0 Å². The molecule has 0 bridgehead atoms. The molecule has 23 heavy (non-hydrogen) atoms. The molecule has 0 unspecified atom stereocenters. The minimum Gasteiger partial charge on any atom is -0.347 e. The molecule has 4 amide bonds. The van der Waals surface area contributed by atoms with Gasteiger partial charge in [-0.15, -0.1) is 11.3 Å². The first-order valence-corrected chi connectivity index (χ1v) is 7.99. The van der Waals surface area contributed by atoms with Crippen molar-refractivity contribution in [1.82, 2.24) is 15.5 Å². The fourth-order valence-electron chi connectivity index (χ4n) is 2.24. The lowest BCUT2D eigenvalue weighted by molar-refractivity contribution is -0.125. The van der Waals surface area contributed by atoms with Gasteiger partial charge in [0.25, 0.3) is 5.91 Å². The molecule has 2 N–H and O–H groups in total. The van der Waals surface area contributed by atoms with E-state index in [4.69, 9.17) is 0 Å². The summed E-state index contributed by atoms with van der Waals surface area (Å²) in [5, 5.41) is 7.29. The number of rotatable bonds is 5. The summed E-state index contributed by atoms with van der Waals surface area (Å²) in [6, 6.07) is 10.4. The number of hydrogen-bond donors (Lipinski definition) is 2. The van der Waals surface area contributed by atoms with Crippen LogP contribution in [0.2, 0.25) is 0 Å². The van der Waals surface area contributed by atoms with Gasteiger partial charge in [0.2, 0.25) is 5.91 Å². The lowest BCUT2D eigenvalue weighted by Gasteiger charge is -2.12. The Hall–Kier alpha value is -2.67. The van der Waals surface area contributed by atoms with Gasteiger partial charge in [-0.05, 0) is 29.1 Å². The van der Waals surface area contributed by atoms with Crippen LogP contribution in [0.3, 0.4) is 0 Å². The van der Waals surface area contributed by atoms with Gasteiger partial charge in [-0.2, -0.15) is 0 Å². The van der Waals surface area contributed by atoms with Gasteiger partial charge in [-0.1, -0.05) is 18.2 Å². The molecule has 0 saturated carbocycles. The lowest BCUT2D eigenvalue weighted by atomic mass is 10.1. The molecule has 7 heteroatoms. The second-order valence-electron chi connectivity index (χ2n) is 5.10. The Balaban J connectivity index is 1.59. The number of hydrogen-bond acceptors (Lipinski definition) is 4. The molecule has 2 heterocycles. The normalized spacial score (nSPS) is 14.0. The van der Waals surface area contributed by atoms with Gasteiger partial charge >= 0.3 is 6.03 Å². The molecule has 1 saturated heterocycles. The maximum Gasteiger partial charge on any atom is 0.324 e. The highest BCUT2D eigenvalue weighted by Crippen LogP contribution is 2.11. The second-order valence-corrected chi connectivity index (χ2v) is 6.13. The summed E-state index contributed by atoms with van der Waals surface area (Å²) >= 11 is 1.59. The molecule has 3 rings (SSSR count). The van der Waals surface area contributed by atoms with Crippen molar-refractivity contribution in [2.45, 2.75) is 13.1 Å². The Morgan fingerprint density at radius 3 is 2.61 bits per heavy atom. The van der Waals surface area contributed by atoms with Gasteiger partial charge in [-0.25, -0.2) is 4.79 Å². The van der Waals surface area contributed by atoms with Crippen LogP contribution < -0.4 is 10.6 Å². The third-order valence-electron chi connectivity index (χ3n) is 3.50. The van der Waals surface area contributed by atoms with Crippen molar-refractivity contribution >= 4 is 29.2 Å². The van der Waals surface area contributed by atoms with Gasteiger partial charge in [0.1, 0.15) is 0 Å². The summed E-state index contributed by atoms with van der Waals surface area (Å²) in [6.45, 7) is 0.754. The zero-order chi connectivity index (χ0) is 16.2. The highest BCUT2D eigenvalue weighted by Gasteiger charge is 2.28. The Morgan fingerprint density at radius 2 is 2.00 bits per heavy atom. The van der Waals surface area contributed by atoms with Crippen LogP contribution in [0.4, 0.5) is 4.79 Å². The van der Waals surface area contributed by atoms with Crippen molar-refractivity contribution in [2.75, 3.05) is 6.54 Å². The number of amides is 4. The Labute approximate surface area is 137 Å². The maximum absolute atomic E-state index is 12.1. The summed E-state index contributed by atoms with van der Waals surface area (Å²) < 4.78 is 0. The Kier molecular flexibility index (Phi) is 4.38. The minimum atomic E-state index is -0.382.